The van der Waals surface area contributed by atoms with Gasteiger partial charge in [-0.05, 0) is 13.8 Å². The Morgan fingerprint density at radius 2 is 2.28 bits per heavy atom. The van der Waals surface area contributed by atoms with Crippen molar-refractivity contribution in [1.29, 1.82) is 0 Å². The van der Waals surface area contributed by atoms with E-state index in [1.807, 2.05) is 20.8 Å². The van der Waals surface area contributed by atoms with Gasteiger partial charge in [-0.1, -0.05) is 12.1 Å². The molecular formula is C16H24N6O3. The molecule has 1 saturated heterocycles. The number of aryl methyl sites for hydroxylation is 3. The van der Waals surface area contributed by atoms with Gasteiger partial charge in [0.05, 0.1) is 18.8 Å². The summed E-state index contributed by atoms with van der Waals surface area (Å²) in [5, 5.41) is 13.9. The first kappa shape index (κ1) is 17.6. The number of carbonyl (C=O) groups excluding carboxylic acids is 1. The molecule has 9 nitrogen and oxygen atoms in total. The average Bonchev–Trinajstić information content (AvgIpc) is 3.21. The van der Waals surface area contributed by atoms with Crippen molar-refractivity contribution in [1.82, 2.24) is 30.6 Å². The zero-order valence-corrected chi connectivity index (χ0v) is 14.8. The molecule has 1 aliphatic rings. The Morgan fingerprint density at radius 3 is 2.96 bits per heavy atom. The molecule has 0 spiro atoms. The van der Waals surface area contributed by atoms with Crippen molar-refractivity contribution in [3.05, 3.63) is 28.7 Å². The van der Waals surface area contributed by atoms with E-state index in [1.54, 1.807) is 0 Å². The standard InChI is InChI=1S/C16H24N6O3/c1-4-14-18-16(20-19-14)13-8-22(5-6-24-13)9-15(23)17-7-12-10(2)21-25-11(12)3/h13H,4-9H2,1-3H3,(H,17,23)(H,18,19,20). The lowest BCUT2D eigenvalue weighted by Crippen LogP contribution is -2.44. The molecule has 0 saturated carbocycles. The summed E-state index contributed by atoms with van der Waals surface area (Å²) in [5.41, 5.74) is 1.74. The lowest BCUT2D eigenvalue weighted by Gasteiger charge is -2.30. The van der Waals surface area contributed by atoms with E-state index in [9.17, 15) is 4.79 Å². The molecule has 0 aromatic carbocycles. The van der Waals surface area contributed by atoms with Crippen LogP contribution in [0.2, 0.25) is 0 Å². The molecule has 3 rings (SSSR count). The minimum absolute atomic E-state index is 0.0371. The quantitative estimate of drug-likeness (QED) is 0.789. The third kappa shape index (κ3) is 4.23. The summed E-state index contributed by atoms with van der Waals surface area (Å²) < 4.78 is 10.9. The zero-order valence-electron chi connectivity index (χ0n) is 14.8. The molecule has 0 aliphatic carbocycles. The second-order valence-corrected chi connectivity index (χ2v) is 6.17. The van der Waals surface area contributed by atoms with Gasteiger partial charge in [-0.25, -0.2) is 4.98 Å². The monoisotopic (exact) mass is 348 g/mol. The minimum Gasteiger partial charge on any atom is -0.367 e. The summed E-state index contributed by atoms with van der Waals surface area (Å²) in [4.78, 5) is 18.7. The number of amides is 1. The number of hydrogen-bond acceptors (Lipinski definition) is 7. The van der Waals surface area contributed by atoms with E-state index >= 15 is 0 Å². The lowest BCUT2D eigenvalue weighted by molar-refractivity contribution is -0.124. The highest BCUT2D eigenvalue weighted by atomic mass is 16.5. The van der Waals surface area contributed by atoms with Crippen LogP contribution >= 0.6 is 0 Å². The Bertz CT molecular complexity index is 706. The first-order valence-corrected chi connectivity index (χ1v) is 8.50. The second kappa shape index (κ2) is 7.75. The van der Waals surface area contributed by atoms with Crippen LogP contribution in [0.3, 0.4) is 0 Å². The van der Waals surface area contributed by atoms with Crippen LogP contribution in [-0.2, 0) is 22.5 Å². The van der Waals surface area contributed by atoms with Crippen LogP contribution in [-0.4, -0.2) is 57.4 Å². The van der Waals surface area contributed by atoms with Crippen LogP contribution in [0.25, 0.3) is 0 Å². The molecule has 2 aromatic heterocycles. The Morgan fingerprint density at radius 1 is 1.44 bits per heavy atom. The highest BCUT2D eigenvalue weighted by Crippen LogP contribution is 2.19. The van der Waals surface area contributed by atoms with Crippen LogP contribution in [0.4, 0.5) is 0 Å². The van der Waals surface area contributed by atoms with Crippen molar-refractivity contribution in [3.63, 3.8) is 0 Å². The van der Waals surface area contributed by atoms with Crippen LogP contribution in [0, 0.1) is 13.8 Å². The van der Waals surface area contributed by atoms with Crippen LogP contribution in [0.5, 0.6) is 0 Å². The summed E-state index contributed by atoms with van der Waals surface area (Å²) in [6, 6.07) is 0. The second-order valence-electron chi connectivity index (χ2n) is 6.17. The predicted molar refractivity (Wildman–Crippen MR) is 88.7 cm³/mol. The number of aromatic amines is 1. The van der Waals surface area contributed by atoms with Gasteiger partial charge >= 0.3 is 0 Å². The minimum atomic E-state index is -0.208. The normalized spacial score (nSPS) is 18.4. The predicted octanol–water partition coefficient (Wildman–Crippen LogP) is 0.662. The van der Waals surface area contributed by atoms with E-state index in [4.69, 9.17) is 9.26 Å². The average molecular weight is 348 g/mol. The topological polar surface area (TPSA) is 109 Å². The number of aromatic nitrogens is 4. The summed E-state index contributed by atoms with van der Waals surface area (Å²) in [6.45, 7) is 8.32. The first-order chi connectivity index (χ1) is 12.1. The van der Waals surface area contributed by atoms with E-state index in [1.165, 1.54) is 0 Å². The van der Waals surface area contributed by atoms with Gasteiger partial charge in [0.2, 0.25) is 5.91 Å². The third-order valence-corrected chi connectivity index (χ3v) is 4.33. The SMILES string of the molecule is CCc1nc(C2CN(CC(=O)NCc3c(C)noc3C)CCO2)n[nH]1. The van der Waals surface area contributed by atoms with Crippen molar-refractivity contribution >= 4 is 5.91 Å². The smallest absolute Gasteiger partial charge is 0.234 e. The lowest BCUT2D eigenvalue weighted by atomic mass is 10.2. The van der Waals surface area contributed by atoms with E-state index in [0.29, 0.717) is 38.6 Å². The van der Waals surface area contributed by atoms with E-state index in [-0.39, 0.29) is 12.0 Å². The van der Waals surface area contributed by atoms with E-state index in [0.717, 1.165) is 29.3 Å². The van der Waals surface area contributed by atoms with Crippen LogP contribution < -0.4 is 5.32 Å². The maximum Gasteiger partial charge on any atom is 0.234 e. The van der Waals surface area contributed by atoms with Gasteiger partial charge in [0.25, 0.3) is 0 Å². The summed E-state index contributed by atoms with van der Waals surface area (Å²) >= 11 is 0. The maximum atomic E-state index is 12.2. The third-order valence-electron chi connectivity index (χ3n) is 4.33. The largest absolute Gasteiger partial charge is 0.367 e. The van der Waals surface area contributed by atoms with E-state index in [2.05, 4.69) is 30.6 Å². The Balaban J connectivity index is 1.51. The molecule has 2 N–H and O–H groups in total. The summed E-state index contributed by atoms with van der Waals surface area (Å²) in [5.74, 6) is 2.19. The molecule has 1 fully saturated rings. The van der Waals surface area contributed by atoms with Gasteiger partial charge in [0.1, 0.15) is 17.7 Å². The number of rotatable bonds is 6. The van der Waals surface area contributed by atoms with Crippen LogP contribution in [0.1, 0.15) is 41.7 Å². The highest BCUT2D eigenvalue weighted by Gasteiger charge is 2.26. The van der Waals surface area contributed by atoms with Crippen molar-refractivity contribution in [2.75, 3.05) is 26.2 Å². The van der Waals surface area contributed by atoms with Gasteiger partial charge in [0.15, 0.2) is 5.82 Å². The summed E-state index contributed by atoms with van der Waals surface area (Å²) in [6.07, 6.45) is 0.591. The molecule has 9 heteroatoms. The van der Waals surface area contributed by atoms with Gasteiger partial charge in [-0.3, -0.25) is 14.8 Å². The van der Waals surface area contributed by atoms with Crippen molar-refractivity contribution < 1.29 is 14.1 Å². The van der Waals surface area contributed by atoms with Gasteiger partial charge in [-0.15, -0.1) is 0 Å². The number of H-pyrrole nitrogens is 1. The zero-order chi connectivity index (χ0) is 17.8. The van der Waals surface area contributed by atoms with Crippen molar-refractivity contribution in [2.45, 2.75) is 39.8 Å². The first-order valence-electron chi connectivity index (χ1n) is 8.50. The molecule has 1 aliphatic heterocycles. The molecule has 0 bridgehead atoms. The Hall–Kier alpha value is -2.26. The number of ether oxygens (including phenoxy) is 1. The van der Waals surface area contributed by atoms with Gasteiger partial charge in [0, 0.05) is 31.6 Å². The fourth-order valence-corrected chi connectivity index (χ4v) is 2.81. The number of nitrogens with zero attached hydrogens (tertiary/aromatic N) is 4. The van der Waals surface area contributed by atoms with Gasteiger partial charge < -0.3 is 14.6 Å². The molecule has 136 valence electrons. The summed E-state index contributed by atoms with van der Waals surface area (Å²) in [7, 11) is 0. The van der Waals surface area contributed by atoms with E-state index < -0.39 is 0 Å². The Labute approximate surface area is 146 Å². The molecule has 1 atom stereocenters. The molecule has 25 heavy (non-hydrogen) atoms. The fraction of sp³-hybridized carbons (Fsp3) is 0.625. The molecule has 3 heterocycles. The number of morpholine rings is 1. The highest BCUT2D eigenvalue weighted by molar-refractivity contribution is 5.78. The molecule has 0 radical (unpaired) electrons. The van der Waals surface area contributed by atoms with Gasteiger partial charge in [-0.2, -0.15) is 5.10 Å². The molecule has 1 amide bonds. The van der Waals surface area contributed by atoms with Crippen molar-refractivity contribution in [2.24, 2.45) is 0 Å². The fourth-order valence-electron chi connectivity index (χ4n) is 2.81. The maximum absolute atomic E-state index is 12.2. The van der Waals surface area contributed by atoms with Crippen molar-refractivity contribution in [3.8, 4) is 0 Å². The number of hydrogen-bond donors (Lipinski definition) is 2. The molecule has 1 unspecified atom stereocenters. The molecular weight excluding hydrogens is 324 g/mol. The number of nitrogens with one attached hydrogen (secondary N) is 2. The Kier molecular flexibility index (Phi) is 5.44. The molecule has 2 aromatic rings. The van der Waals surface area contributed by atoms with Crippen LogP contribution in [0.15, 0.2) is 4.52 Å². The number of carbonyl (C=O) groups is 1.